The Kier molecular flexibility index (Phi) is 11.4. The zero-order valence-electron chi connectivity index (χ0n) is 32.3. The lowest BCUT2D eigenvalue weighted by Gasteiger charge is -2.46. The van der Waals surface area contributed by atoms with Crippen molar-refractivity contribution in [1.82, 2.24) is 0 Å². The van der Waals surface area contributed by atoms with Gasteiger partial charge in [-0.2, -0.15) is 0 Å². The molecule has 4 aromatic carbocycles. The minimum Gasteiger partial charge on any atom is -0.508 e. The van der Waals surface area contributed by atoms with E-state index in [4.69, 9.17) is 9.08 Å². The standard InChI is InChI=1S/C44H49B2NO8Si/c1-29(23-30-13-11-16-34(48)24-30)21-22-39-40-31(28-54-56(44(2,3)4,35-17-7-5-8-18-35)36-19-9-6-10-20-36)25-37-41(38(40)27-45(51)55-39)43(50)47(42(37)49)33-15-12-14-32(26-33)46(52)53/h5-20,23-24,26,37-39,41,48,51-53H,21-22,25,27-28H2,1-4H3/b29-23+/t37-,38+,39-,41-/m1/s1. The van der Waals surface area contributed by atoms with E-state index in [1.807, 2.05) is 55.5 Å². The summed E-state index contributed by atoms with van der Waals surface area (Å²) in [6, 6.07) is 34.0. The van der Waals surface area contributed by atoms with E-state index in [1.54, 1.807) is 30.3 Å². The molecule has 0 radical (unpaired) electrons. The molecule has 2 fully saturated rings. The number of hydrogen-bond donors (Lipinski definition) is 4. The molecular weight excluding hydrogens is 720 g/mol. The van der Waals surface area contributed by atoms with Gasteiger partial charge in [-0.15, -0.1) is 0 Å². The summed E-state index contributed by atoms with van der Waals surface area (Å²) in [5.41, 5.74) is 4.22. The predicted molar refractivity (Wildman–Crippen MR) is 223 cm³/mol. The zero-order chi connectivity index (χ0) is 39.8. The van der Waals surface area contributed by atoms with Gasteiger partial charge >= 0.3 is 14.2 Å². The molecule has 7 rings (SSSR count). The largest absolute Gasteiger partial charge is 0.508 e. The smallest absolute Gasteiger partial charge is 0.488 e. The molecule has 9 nitrogen and oxygen atoms in total. The van der Waals surface area contributed by atoms with Crippen molar-refractivity contribution in [3.63, 3.8) is 0 Å². The van der Waals surface area contributed by atoms with Crippen LogP contribution in [0.5, 0.6) is 5.75 Å². The van der Waals surface area contributed by atoms with E-state index in [-0.39, 0.29) is 53.1 Å². The number of carbonyl (C=O) groups excluding carboxylic acids is 2. The fraction of sp³-hybridized carbons (Fsp3) is 0.318. The number of imide groups is 1. The van der Waals surface area contributed by atoms with Crippen molar-refractivity contribution < 1.29 is 38.8 Å². The van der Waals surface area contributed by atoms with Crippen LogP contribution in [0.4, 0.5) is 5.69 Å². The Bertz CT molecular complexity index is 2100. The van der Waals surface area contributed by atoms with Gasteiger partial charge in [0.05, 0.1) is 30.2 Å². The Hall–Kier alpha value is -4.55. The molecule has 0 aromatic heterocycles. The first-order valence-corrected chi connectivity index (χ1v) is 21.3. The van der Waals surface area contributed by atoms with Crippen LogP contribution >= 0.6 is 0 Å². The molecule has 4 atom stereocenters. The lowest BCUT2D eigenvalue weighted by Crippen LogP contribution is -2.66. The second-order valence-electron chi connectivity index (χ2n) is 16.4. The minimum absolute atomic E-state index is 0.149. The average molecular weight is 770 g/mol. The van der Waals surface area contributed by atoms with Gasteiger partial charge in [-0.05, 0) is 100 Å². The fourth-order valence-electron chi connectivity index (χ4n) is 9.26. The highest BCUT2D eigenvalue weighted by Gasteiger charge is 2.58. The van der Waals surface area contributed by atoms with Crippen molar-refractivity contribution >= 4 is 62.0 Å². The molecule has 4 aromatic rings. The number of phenols is 1. The minimum atomic E-state index is -3.02. The summed E-state index contributed by atoms with van der Waals surface area (Å²) >= 11 is 0. The third-order valence-corrected chi connectivity index (χ3v) is 16.7. The first-order valence-electron chi connectivity index (χ1n) is 19.4. The maximum Gasteiger partial charge on any atom is 0.488 e. The van der Waals surface area contributed by atoms with E-state index in [1.165, 1.54) is 17.0 Å². The maximum atomic E-state index is 14.5. The normalized spacial score (nSPS) is 21.7. The van der Waals surface area contributed by atoms with E-state index in [9.17, 15) is 29.8 Å². The van der Waals surface area contributed by atoms with Crippen LogP contribution in [0.1, 0.15) is 52.5 Å². The van der Waals surface area contributed by atoms with Gasteiger partial charge in [-0.3, -0.25) is 14.5 Å². The molecule has 56 heavy (non-hydrogen) atoms. The van der Waals surface area contributed by atoms with Gasteiger partial charge in [0.15, 0.2) is 0 Å². The van der Waals surface area contributed by atoms with E-state index in [2.05, 4.69) is 45.0 Å². The number of nitrogens with zero attached hydrogens (tertiary/aromatic N) is 1. The molecule has 288 valence electrons. The molecule has 0 bridgehead atoms. The number of fused-ring (bicyclic) bond motifs is 3. The van der Waals surface area contributed by atoms with E-state index >= 15 is 0 Å². The third-order valence-electron chi connectivity index (χ3n) is 11.7. The number of aromatic hydroxyl groups is 1. The summed E-state index contributed by atoms with van der Waals surface area (Å²) in [5.74, 6) is -2.45. The SMILES string of the molecule is C/C(=C\c1cccc(O)c1)CC[C@H]1OB(O)C[C@H]2C1=C(CO[Si](c1ccccc1)(c1ccccc1)C(C)(C)C)C[C@H]1C(=O)N(c3cccc(B(O)O)c3)C(=O)[C@H]12. The second-order valence-corrected chi connectivity index (χ2v) is 20.7. The van der Waals surface area contributed by atoms with Gasteiger partial charge in [0.2, 0.25) is 11.8 Å². The molecular formula is C44H49B2NO8Si. The summed E-state index contributed by atoms with van der Waals surface area (Å²) in [6.07, 6.45) is 3.05. The number of benzene rings is 4. The van der Waals surface area contributed by atoms with Crippen LogP contribution in [0, 0.1) is 17.8 Å². The Morgan fingerprint density at radius 3 is 2.20 bits per heavy atom. The number of anilines is 1. The monoisotopic (exact) mass is 769 g/mol. The first kappa shape index (κ1) is 39.7. The second kappa shape index (κ2) is 16.1. The number of carbonyl (C=O) groups is 2. The van der Waals surface area contributed by atoms with Crippen molar-refractivity contribution in [2.24, 2.45) is 17.8 Å². The molecule has 12 heteroatoms. The molecule has 3 aliphatic rings. The van der Waals surface area contributed by atoms with Gasteiger partial charge in [0.25, 0.3) is 8.32 Å². The fourth-order valence-corrected chi connectivity index (χ4v) is 13.8. The van der Waals surface area contributed by atoms with Crippen LogP contribution in [0.15, 0.2) is 126 Å². The van der Waals surface area contributed by atoms with Crippen LogP contribution in [0.25, 0.3) is 6.08 Å². The van der Waals surface area contributed by atoms with Crippen molar-refractivity contribution in [2.75, 3.05) is 11.5 Å². The lowest BCUT2D eigenvalue weighted by atomic mass is 9.58. The summed E-state index contributed by atoms with van der Waals surface area (Å²) in [6.45, 7) is 8.89. The first-order chi connectivity index (χ1) is 26.8. The van der Waals surface area contributed by atoms with Gasteiger partial charge in [0, 0.05) is 0 Å². The highest BCUT2D eigenvalue weighted by molar-refractivity contribution is 6.99. The lowest BCUT2D eigenvalue weighted by molar-refractivity contribution is -0.122. The molecule has 2 amide bonds. The highest BCUT2D eigenvalue weighted by atomic mass is 28.4. The Morgan fingerprint density at radius 2 is 1.57 bits per heavy atom. The number of phenolic OH excluding ortho intramolecular Hbond substituents is 1. The molecule has 2 saturated heterocycles. The maximum absolute atomic E-state index is 14.5. The van der Waals surface area contributed by atoms with E-state index in [0.717, 1.165) is 32.7 Å². The molecule has 2 aliphatic heterocycles. The summed E-state index contributed by atoms with van der Waals surface area (Å²) in [5, 5.41) is 43.0. The number of amides is 2. The summed E-state index contributed by atoms with van der Waals surface area (Å²) in [4.78, 5) is 30.1. The number of rotatable bonds is 11. The van der Waals surface area contributed by atoms with E-state index in [0.29, 0.717) is 12.8 Å². The third kappa shape index (κ3) is 7.62. The molecule has 4 N–H and O–H groups in total. The summed E-state index contributed by atoms with van der Waals surface area (Å²) < 4.78 is 13.8. The Balaban J connectivity index is 1.31. The van der Waals surface area contributed by atoms with Gasteiger partial charge in [0.1, 0.15) is 5.75 Å². The predicted octanol–water partition coefficient (Wildman–Crippen LogP) is 4.83. The van der Waals surface area contributed by atoms with Gasteiger partial charge < -0.3 is 29.3 Å². The van der Waals surface area contributed by atoms with Crippen LogP contribution < -0.4 is 20.7 Å². The quantitative estimate of drug-likeness (QED) is 0.0969. The van der Waals surface area contributed by atoms with Crippen LogP contribution in [0.3, 0.4) is 0 Å². The highest BCUT2D eigenvalue weighted by Crippen LogP contribution is 2.52. The molecule has 0 spiro atoms. The van der Waals surface area contributed by atoms with Gasteiger partial charge in [-0.25, -0.2) is 0 Å². The average Bonchev–Trinajstić information content (AvgIpc) is 3.42. The summed E-state index contributed by atoms with van der Waals surface area (Å²) in [7, 11) is -5.93. The van der Waals surface area contributed by atoms with Crippen molar-refractivity contribution in [3.05, 3.63) is 131 Å². The number of hydrogen-bond acceptors (Lipinski definition) is 8. The zero-order valence-corrected chi connectivity index (χ0v) is 33.3. The van der Waals surface area contributed by atoms with Crippen molar-refractivity contribution in [1.29, 1.82) is 0 Å². The van der Waals surface area contributed by atoms with Crippen molar-refractivity contribution in [2.45, 2.75) is 64.4 Å². The Morgan fingerprint density at radius 1 is 0.911 bits per heavy atom. The molecule has 0 saturated carbocycles. The van der Waals surface area contributed by atoms with Crippen LogP contribution in [0.2, 0.25) is 11.4 Å². The molecule has 1 aliphatic carbocycles. The van der Waals surface area contributed by atoms with Crippen LogP contribution in [-0.4, -0.2) is 67.3 Å². The van der Waals surface area contributed by atoms with Crippen LogP contribution in [-0.2, 0) is 18.7 Å². The molecule has 2 heterocycles. The van der Waals surface area contributed by atoms with E-state index < -0.39 is 46.4 Å². The van der Waals surface area contributed by atoms with Crippen molar-refractivity contribution in [3.8, 4) is 5.75 Å². The van der Waals surface area contributed by atoms with Gasteiger partial charge in [-0.1, -0.05) is 117 Å². The topological polar surface area (TPSA) is 137 Å². The Labute approximate surface area is 330 Å². The number of allylic oxidation sites excluding steroid dienone is 1. The molecule has 0 unspecified atom stereocenters.